The summed E-state index contributed by atoms with van der Waals surface area (Å²) in [5.74, 6) is 0.936. The van der Waals surface area contributed by atoms with Crippen LogP contribution in [0.1, 0.15) is 5.69 Å². The summed E-state index contributed by atoms with van der Waals surface area (Å²) in [6.07, 6.45) is 4.43. The van der Waals surface area contributed by atoms with E-state index >= 15 is 0 Å². The Morgan fingerprint density at radius 2 is 2.67 bits per heavy atom. The molecule has 0 aliphatic carbocycles. The molecule has 1 aromatic rings. The fourth-order valence-electron chi connectivity index (χ4n) is 1.02. The molecule has 1 aromatic heterocycles. The number of epoxide rings is 1. The molecular formula is C7H11N3OS. The second-order valence-corrected chi connectivity index (χ2v) is 3.69. The van der Waals surface area contributed by atoms with Gasteiger partial charge in [0.05, 0.1) is 18.8 Å². The molecule has 1 atom stereocenters. The quantitative estimate of drug-likeness (QED) is 0.642. The Morgan fingerprint density at radius 3 is 3.33 bits per heavy atom. The van der Waals surface area contributed by atoms with E-state index in [-0.39, 0.29) is 0 Å². The van der Waals surface area contributed by atoms with Gasteiger partial charge < -0.3 is 4.74 Å². The van der Waals surface area contributed by atoms with E-state index in [4.69, 9.17) is 4.74 Å². The van der Waals surface area contributed by atoms with Crippen LogP contribution in [0.4, 0.5) is 0 Å². The van der Waals surface area contributed by atoms with Gasteiger partial charge in [0.25, 0.3) is 0 Å². The minimum Gasteiger partial charge on any atom is -0.371 e. The smallest absolute Gasteiger partial charge is 0.101 e. The van der Waals surface area contributed by atoms with Gasteiger partial charge in [-0.05, 0) is 6.26 Å². The van der Waals surface area contributed by atoms with E-state index in [9.17, 15) is 0 Å². The third-order valence-electron chi connectivity index (χ3n) is 1.67. The predicted octanol–water partition coefficient (Wildman–Crippen LogP) is 0.540. The minimum atomic E-state index is 0.383. The van der Waals surface area contributed by atoms with Gasteiger partial charge in [-0.25, -0.2) is 4.68 Å². The van der Waals surface area contributed by atoms with Crippen LogP contribution in [0.3, 0.4) is 0 Å². The van der Waals surface area contributed by atoms with Crippen molar-refractivity contribution in [3.63, 3.8) is 0 Å². The molecule has 1 aliphatic rings. The number of rotatable bonds is 4. The zero-order chi connectivity index (χ0) is 8.39. The van der Waals surface area contributed by atoms with Crippen LogP contribution in [0.5, 0.6) is 0 Å². The summed E-state index contributed by atoms with van der Waals surface area (Å²) in [4.78, 5) is 0. The highest BCUT2D eigenvalue weighted by atomic mass is 32.2. The van der Waals surface area contributed by atoms with Crippen molar-refractivity contribution >= 4 is 11.8 Å². The molecule has 0 spiro atoms. The van der Waals surface area contributed by atoms with Crippen molar-refractivity contribution in [3.8, 4) is 0 Å². The van der Waals surface area contributed by atoms with Crippen LogP contribution in [0.2, 0.25) is 0 Å². The lowest BCUT2D eigenvalue weighted by Crippen LogP contribution is -2.04. The molecule has 0 aromatic carbocycles. The Labute approximate surface area is 75.3 Å². The van der Waals surface area contributed by atoms with Gasteiger partial charge in [-0.3, -0.25) is 0 Å². The molecule has 2 rings (SSSR count). The van der Waals surface area contributed by atoms with Crippen molar-refractivity contribution in [2.45, 2.75) is 18.4 Å². The SMILES string of the molecule is CSCc1cn(CC2CO2)nn1. The highest BCUT2D eigenvalue weighted by Gasteiger charge is 2.23. The minimum absolute atomic E-state index is 0.383. The highest BCUT2D eigenvalue weighted by Crippen LogP contribution is 2.11. The van der Waals surface area contributed by atoms with Crippen LogP contribution in [0, 0.1) is 0 Å². The lowest BCUT2D eigenvalue weighted by molar-refractivity contribution is 0.371. The van der Waals surface area contributed by atoms with Crippen LogP contribution in [-0.4, -0.2) is 34.0 Å². The third-order valence-corrected chi connectivity index (χ3v) is 2.26. The van der Waals surface area contributed by atoms with Crippen LogP contribution in [0.15, 0.2) is 6.20 Å². The van der Waals surface area contributed by atoms with Gasteiger partial charge in [-0.1, -0.05) is 5.21 Å². The maximum absolute atomic E-state index is 5.09. The molecule has 1 saturated heterocycles. The Morgan fingerprint density at radius 1 is 1.83 bits per heavy atom. The van der Waals surface area contributed by atoms with Gasteiger partial charge >= 0.3 is 0 Å². The maximum atomic E-state index is 5.09. The molecule has 12 heavy (non-hydrogen) atoms. The summed E-state index contributed by atoms with van der Waals surface area (Å²) in [7, 11) is 0. The molecule has 2 heterocycles. The van der Waals surface area contributed by atoms with Crippen LogP contribution in [-0.2, 0) is 17.0 Å². The first-order valence-corrected chi connectivity index (χ1v) is 5.27. The maximum Gasteiger partial charge on any atom is 0.101 e. The summed E-state index contributed by atoms with van der Waals surface area (Å²) in [5, 5.41) is 8.01. The molecule has 0 amide bonds. The second kappa shape index (κ2) is 3.45. The van der Waals surface area contributed by atoms with Gasteiger partial charge in [0.1, 0.15) is 6.10 Å². The standard InChI is InChI=1S/C7H11N3OS/c1-12-5-6-2-10(9-8-6)3-7-4-11-7/h2,7H,3-5H2,1H3. The second-order valence-electron chi connectivity index (χ2n) is 2.82. The number of thioether (sulfide) groups is 1. The average molecular weight is 185 g/mol. The molecule has 66 valence electrons. The lowest BCUT2D eigenvalue weighted by atomic mass is 10.5. The molecule has 4 nitrogen and oxygen atoms in total. The van der Waals surface area contributed by atoms with E-state index in [0.717, 1.165) is 24.6 Å². The fraction of sp³-hybridized carbons (Fsp3) is 0.714. The normalized spacial score (nSPS) is 21.2. The Balaban J connectivity index is 1.92. The monoisotopic (exact) mass is 185 g/mol. The van der Waals surface area contributed by atoms with Crippen LogP contribution < -0.4 is 0 Å². The number of ether oxygens (including phenoxy) is 1. The number of hydrogen-bond acceptors (Lipinski definition) is 4. The number of hydrogen-bond donors (Lipinski definition) is 0. The predicted molar refractivity (Wildman–Crippen MR) is 47.0 cm³/mol. The Kier molecular flexibility index (Phi) is 2.32. The van der Waals surface area contributed by atoms with Gasteiger partial charge in [-0.2, -0.15) is 11.8 Å². The van der Waals surface area contributed by atoms with E-state index in [0.29, 0.717) is 6.10 Å². The molecule has 1 unspecified atom stereocenters. The van der Waals surface area contributed by atoms with E-state index in [1.807, 2.05) is 10.9 Å². The van der Waals surface area contributed by atoms with Crippen molar-refractivity contribution in [2.75, 3.05) is 12.9 Å². The van der Waals surface area contributed by atoms with Crippen molar-refractivity contribution < 1.29 is 4.74 Å². The average Bonchev–Trinajstić information content (AvgIpc) is 2.74. The molecule has 0 bridgehead atoms. The van der Waals surface area contributed by atoms with Crippen molar-refractivity contribution in [2.24, 2.45) is 0 Å². The van der Waals surface area contributed by atoms with Gasteiger partial charge in [0, 0.05) is 11.9 Å². The van der Waals surface area contributed by atoms with E-state index in [2.05, 4.69) is 16.6 Å². The largest absolute Gasteiger partial charge is 0.371 e. The summed E-state index contributed by atoms with van der Waals surface area (Å²) in [6, 6.07) is 0. The zero-order valence-electron chi connectivity index (χ0n) is 6.93. The first-order valence-electron chi connectivity index (χ1n) is 3.88. The van der Waals surface area contributed by atoms with Gasteiger partial charge in [0.2, 0.25) is 0 Å². The Bertz CT molecular complexity index is 259. The number of aromatic nitrogens is 3. The molecule has 0 radical (unpaired) electrons. The first kappa shape index (κ1) is 8.07. The summed E-state index contributed by atoms with van der Waals surface area (Å²) < 4.78 is 6.94. The van der Waals surface area contributed by atoms with Crippen LogP contribution >= 0.6 is 11.8 Å². The van der Waals surface area contributed by atoms with E-state index in [1.165, 1.54) is 0 Å². The summed E-state index contributed by atoms with van der Waals surface area (Å²) in [6.45, 7) is 1.72. The topological polar surface area (TPSA) is 43.2 Å². The molecule has 5 heteroatoms. The molecule has 0 N–H and O–H groups in total. The highest BCUT2D eigenvalue weighted by molar-refractivity contribution is 7.97. The van der Waals surface area contributed by atoms with E-state index < -0.39 is 0 Å². The zero-order valence-corrected chi connectivity index (χ0v) is 7.75. The third kappa shape index (κ3) is 1.98. The van der Waals surface area contributed by atoms with Gasteiger partial charge in [-0.15, -0.1) is 5.10 Å². The first-order chi connectivity index (χ1) is 5.88. The number of nitrogens with zero attached hydrogens (tertiary/aromatic N) is 3. The summed E-state index contributed by atoms with van der Waals surface area (Å²) in [5.41, 5.74) is 1.04. The fourth-order valence-corrected chi connectivity index (χ4v) is 1.45. The van der Waals surface area contributed by atoms with Crippen molar-refractivity contribution in [1.82, 2.24) is 15.0 Å². The lowest BCUT2D eigenvalue weighted by Gasteiger charge is -1.92. The molecule has 1 fully saturated rings. The molecular weight excluding hydrogens is 174 g/mol. The van der Waals surface area contributed by atoms with Gasteiger partial charge in [0.15, 0.2) is 0 Å². The van der Waals surface area contributed by atoms with Crippen molar-refractivity contribution in [1.29, 1.82) is 0 Å². The van der Waals surface area contributed by atoms with Crippen molar-refractivity contribution in [3.05, 3.63) is 11.9 Å². The molecule has 1 aliphatic heterocycles. The molecule has 0 saturated carbocycles. The van der Waals surface area contributed by atoms with E-state index in [1.54, 1.807) is 11.8 Å². The Hall–Kier alpha value is -0.550. The summed E-state index contributed by atoms with van der Waals surface area (Å²) >= 11 is 1.76. The van der Waals surface area contributed by atoms with Crippen LogP contribution in [0.25, 0.3) is 0 Å².